The molecule has 0 N–H and O–H groups in total. The number of carbonyl (C=O) groups is 1. The molecule has 0 aliphatic rings. The zero-order valence-electron chi connectivity index (χ0n) is 13.2. The van der Waals surface area contributed by atoms with E-state index in [0.29, 0.717) is 50.1 Å². The third-order valence-electron chi connectivity index (χ3n) is 2.85. The molecule has 0 radical (unpaired) electrons. The van der Waals surface area contributed by atoms with Crippen LogP contribution in [0.25, 0.3) is 0 Å². The van der Waals surface area contributed by atoms with E-state index in [-0.39, 0.29) is 5.97 Å². The van der Waals surface area contributed by atoms with Crippen molar-refractivity contribution < 1.29 is 19.0 Å². The maximum Gasteiger partial charge on any atom is 0.350 e. The average Bonchev–Trinajstić information content (AvgIpc) is 2.87. The Morgan fingerprint density at radius 1 is 1.19 bits per heavy atom. The fourth-order valence-corrected chi connectivity index (χ4v) is 2.78. The quantitative estimate of drug-likeness (QED) is 0.487. The molecule has 1 heterocycles. The van der Waals surface area contributed by atoms with E-state index in [9.17, 15) is 4.79 Å². The lowest BCUT2D eigenvalue weighted by molar-refractivity contribution is 0.0605. The van der Waals surface area contributed by atoms with Crippen molar-refractivity contribution in [3.8, 4) is 0 Å². The summed E-state index contributed by atoms with van der Waals surface area (Å²) in [5.74, 6) is -0.342. The van der Waals surface area contributed by atoms with E-state index in [0.717, 1.165) is 5.13 Å². The summed E-state index contributed by atoms with van der Waals surface area (Å²) < 4.78 is 15.6. The van der Waals surface area contributed by atoms with Gasteiger partial charge < -0.3 is 19.1 Å². The van der Waals surface area contributed by atoms with E-state index >= 15 is 0 Å². The molecule has 0 amide bonds. The minimum Gasteiger partial charge on any atom is -0.465 e. The minimum atomic E-state index is -0.342. The van der Waals surface area contributed by atoms with Crippen LogP contribution in [0.4, 0.5) is 5.13 Å². The van der Waals surface area contributed by atoms with E-state index in [1.54, 1.807) is 0 Å². The molecule has 0 aliphatic heterocycles. The first kappa shape index (κ1) is 17.9. The molecule has 0 aromatic carbocycles. The van der Waals surface area contributed by atoms with Gasteiger partial charge in [0.15, 0.2) is 5.13 Å². The fourth-order valence-electron chi connectivity index (χ4n) is 1.74. The van der Waals surface area contributed by atoms with E-state index < -0.39 is 0 Å². The largest absolute Gasteiger partial charge is 0.465 e. The van der Waals surface area contributed by atoms with Crippen LogP contribution in [0.5, 0.6) is 0 Å². The van der Waals surface area contributed by atoms with Gasteiger partial charge in [0.1, 0.15) is 4.88 Å². The van der Waals surface area contributed by atoms with Crippen molar-refractivity contribution in [3.05, 3.63) is 10.6 Å². The molecule has 7 heteroatoms. The van der Waals surface area contributed by atoms with Crippen LogP contribution in [0.2, 0.25) is 0 Å². The Kier molecular flexibility index (Phi) is 8.26. The van der Waals surface area contributed by atoms with Crippen LogP contribution in [-0.2, 0) is 14.2 Å². The average molecular weight is 316 g/mol. The predicted octanol–water partition coefficient (Wildman–Crippen LogP) is 2.12. The summed E-state index contributed by atoms with van der Waals surface area (Å²) in [7, 11) is 1.38. The van der Waals surface area contributed by atoms with E-state index in [4.69, 9.17) is 14.2 Å². The van der Waals surface area contributed by atoms with Gasteiger partial charge in [-0.1, -0.05) is 11.3 Å². The molecule has 0 saturated carbocycles. The van der Waals surface area contributed by atoms with Crippen LogP contribution in [-0.4, -0.2) is 57.6 Å². The van der Waals surface area contributed by atoms with Crippen LogP contribution in [0, 0.1) is 6.92 Å². The molecule has 0 unspecified atom stereocenters. The second-order valence-corrected chi connectivity index (χ2v) is 5.26. The number of esters is 1. The number of thiazole rings is 1. The lowest BCUT2D eigenvalue weighted by atomic mass is 10.4. The lowest BCUT2D eigenvalue weighted by Crippen LogP contribution is -2.31. The molecule has 21 heavy (non-hydrogen) atoms. The van der Waals surface area contributed by atoms with Gasteiger partial charge in [-0.25, -0.2) is 9.78 Å². The van der Waals surface area contributed by atoms with Crippen LogP contribution >= 0.6 is 11.3 Å². The smallest absolute Gasteiger partial charge is 0.350 e. The molecule has 0 fully saturated rings. The molecular formula is C14H24N2O4S. The molecule has 0 bridgehead atoms. The Morgan fingerprint density at radius 3 is 2.24 bits per heavy atom. The number of ether oxygens (including phenoxy) is 3. The van der Waals surface area contributed by atoms with Crippen LogP contribution in [0.1, 0.15) is 29.2 Å². The molecule has 0 atom stereocenters. The van der Waals surface area contributed by atoms with Gasteiger partial charge in [-0.2, -0.15) is 0 Å². The van der Waals surface area contributed by atoms with Crippen molar-refractivity contribution >= 4 is 22.4 Å². The van der Waals surface area contributed by atoms with Gasteiger partial charge in [0, 0.05) is 26.3 Å². The first-order chi connectivity index (χ1) is 10.1. The molecule has 1 rings (SSSR count). The molecule has 0 aliphatic carbocycles. The Bertz CT molecular complexity index is 427. The maximum absolute atomic E-state index is 11.7. The zero-order chi connectivity index (χ0) is 15.7. The Balaban J connectivity index is 2.78. The summed E-state index contributed by atoms with van der Waals surface area (Å²) in [6.07, 6.45) is 0. The van der Waals surface area contributed by atoms with Gasteiger partial charge in [-0.05, 0) is 20.8 Å². The minimum absolute atomic E-state index is 0.342. The van der Waals surface area contributed by atoms with Crippen molar-refractivity contribution in [2.75, 3.05) is 51.5 Å². The summed E-state index contributed by atoms with van der Waals surface area (Å²) in [5.41, 5.74) is 0.694. The maximum atomic E-state index is 11.7. The van der Waals surface area contributed by atoms with Gasteiger partial charge in [-0.3, -0.25) is 0 Å². The number of anilines is 1. The molecular weight excluding hydrogens is 292 g/mol. The van der Waals surface area contributed by atoms with Gasteiger partial charge in [0.25, 0.3) is 0 Å². The normalized spacial score (nSPS) is 10.7. The summed E-state index contributed by atoms with van der Waals surface area (Å²) >= 11 is 1.35. The number of aryl methyl sites for hydroxylation is 1. The highest BCUT2D eigenvalue weighted by molar-refractivity contribution is 7.17. The number of hydrogen-bond acceptors (Lipinski definition) is 7. The highest BCUT2D eigenvalue weighted by Crippen LogP contribution is 2.26. The molecule has 1 aromatic heterocycles. The topological polar surface area (TPSA) is 60.9 Å². The highest BCUT2D eigenvalue weighted by Gasteiger charge is 2.19. The summed E-state index contributed by atoms with van der Waals surface area (Å²) in [5, 5.41) is 0.798. The third kappa shape index (κ3) is 5.61. The summed E-state index contributed by atoms with van der Waals surface area (Å²) in [6.45, 7) is 9.79. The number of aromatic nitrogens is 1. The highest BCUT2D eigenvalue weighted by atomic mass is 32.1. The van der Waals surface area contributed by atoms with Crippen molar-refractivity contribution in [1.82, 2.24) is 4.98 Å². The predicted molar refractivity (Wildman–Crippen MR) is 83.4 cm³/mol. The first-order valence-electron chi connectivity index (χ1n) is 7.10. The number of carbonyl (C=O) groups excluding carboxylic acids is 1. The van der Waals surface area contributed by atoms with Gasteiger partial charge in [-0.15, -0.1) is 0 Å². The second-order valence-electron chi connectivity index (χ2n) is 4.28. The Labute approximate surface area is 130 Å². The van der Waals surface area contributed by atoms with Crippen molar-refractivity contribution in [1.29, 1.82) is 0 Å². The number of rotatable bonds is 10. The molecule has 0 spiro atoms. The van der Waals surface area contributed by atoms with Crippen LogP contribution in [0.15, 0.2) is 0 Å². The van der Waals surface area contributed by atoms with Crippen LogP contribution < -0.4 is 4.90 Å². The molecule has 120 valence electrons. The van der Waals surface area contributed by atoms with Gasteiger partial charge in [0.05, 0.1) is 26.0 Å². The van der Waals surface area contributed by atoms with Crippen molar-refractivity contribution in [2.24, 2.45) is 0 Å². The molecule has 6 nitrogen and oxygen atoms in total. The summed E-state index contributed by atoms with van der Waals surface area (Å²) in [6, 6.07) is 0. The SMILES string of the molecule is CCOCCN(CCOCC)c1nc(C)c(C(=O)OC)s1. The van der Waals surface area contributed by atoms with Gasteiger partial charge >= 0.3 is 5.97 Å². The molecule has 0 saturated heterocycles. The third-order valence-corrected chi connectivity index (χ3v) is 4.04. The number of methoxy groups -OCH3 is 1. The van der Waals surface area contributed by atoms with Crippen LogP contribution in [0.3, 0.4) is 0 Å². The first-order valence-corrected chi connectivity index (χ1v) is 7.91. The van der Waals surface area contributed by atoms with Crippen molar-refractivity contribution in [2.45, 2.75) is 20.8 Å². The number of nitrogens with zero attached hydrogens (tertiary/aromatic N) is 2. The Hall–Kier alpha value is -1.18. The van der Waals surface area contributed by atoms with E-state index in [1.807, 2.05) is 20.8 Å². The fraction of sp³-hybridized carbons (Fsp3) is 0.714. The second kappa shape index (κ2) is 9.70. The molecule has 1 aromatic rings. The lowest BCUT2D eigenvalue weighted by Gasteiger charge is -2.21. The Morgan fingerprint density at radius 2 is 1.76 bits per heavy atom. The van der Waals surface area contributed by atoms with E-state index in [1.165, 1.54) is 18.4 Å². The van der Waals surface area contributed by atoms with Gasteiger partial charge in [0.2, 0.25) is 0 Å². The van der Waals surface area contributed by atoms with E-state index in [2.05, 4.69) is 9.88 Å². The number of hydrogen-bond donors (Lipinski definition) is 0. The summed E-state index contributed by atoms with van der Waals surface area (Å²) in [4.78, 5) is 18.8. The van der Waals surface area contributed by atoms with Crippen molar-refractivity contribution in [3.63, 3.8) is 0 Å². The zero-order valence-corrected chi connectivity index (χ0v) is 14.0. The monoisotopic (exact) mass is 316 g/mol. The standard InChI is InChI=1S/C14H24N2O4S/c1-5-19-9-7-16(8-10-20-6-2)14-15-11(3)12(21-14)13(17)18-4/h5-10H2,1-4H3.